The van der Waals surface area contributed by atoms with Crippen LogP contribution in [0.3, 0.4) is 0 Å². The van der Waals surface area contributed by atoms with Gasteiger partial charge in [-0.3, -0.25) is 0 Å². The van der Waals surface area contributed by atoms with Crippen LogP contribution in [0.1, 0.15) is 44.9 Å². The van der Waals surface area contributed by atoms with E-state index < -0.39 is 0 Å². The van der Waals surface area contributed by atoms with E-state index in [-0.39, 0.29) is 0 Å². The van der Waals surface area contributed by atoms with Crippen molar-refractivity contribution in [3.63, 3.8) is 0 Å². The molecule has 1 aromatic carbocycles. The predicted molar refractivity (Wildman–Crippen MR) is 69.8 cm³/mol. The fourth-order valence-corrected chi connectivity index (χ4v) is 2.28. The minimum absolute atomic E-state index is 0.604. The van der Waals surface area contributed by atoms with Gasteiger partial charge in [-0.2, -0.15) is 4.37 Å². The van der Waals surface area contributed by atoms with Gasteiger partial charge in [-0.25, -0.2) is 0 Å². The summed E-state index contributed by atoms with van der Waals surface area (Å²) in [6, 6.07) is 6.64. The summed E-state index contributed by atoms with van der Waals surface area (Å²) in [5.74, 6) is 0.604. The van der Waals surface area contributed by atoms with Crippen molar-refractivity contribution in [1.82, 2.24) is 4.37 Å². The highest BCUT2D eigenvalue weighted by Gasteiger charge is 2.04. The molecule has 0 amide bonds. The third-order valence-corrected chi connectivity index (χ3v) is 3.24. The fraction of sp³-hybridized carbons (Fsp3) is 0.462. The van der Waals surface area contributed by atoms with Crippen LogP contribution in [0, 0.1) is 6.92 Å². The summed E-state index contributed by atoms with van der Waals surface area (Å²) in [4.78, 5) is 0. The first-order chi connectivity index (χ1) is 7.18. The zero-order chi connectivity index (χ0) is 11.4. The third kappa shape index (κ3) is 2.57. The Balaban J connectivity index is 0.000000531. The van der Waals surface area contributed by atoms with Crippen LogP contribution in [0.5, 0.6) is 0 Å². The summed E-state index contributed by atoms with van der Waals surface area (Å²) in [6.07, 6.45) is 0. The largest absolute Gasteiger partial charge is 0.197 e. The van der Waals surface area contributed by atoms with Gasteiger partial charge in [0.05, 0.1) is 10.4 Å². The first kappa shape index (κ1) is 12.2. The number of hydrogen-bond donors (Lipinski definition) is 0. The molecule has 0 aliphatic heterocycles. The van der Waals surface area contributed by atoms with Gasteiger partial charge in [-0.05, 0) is 36.0 Å². The molecule has 0 aliphatic carbocycles. The predicted octanol–water partition coefficient (Wildman–Crippen LogP) is 4.75. The molecule has 1 heterocycles. The van der Waals surface area contributed by atoms with Crippen molar-refractivity contribution >= 4 is 21.6 Å². The topological polar surface area (TPSA) is 12.9 Å². The second-order valence-electron chi connectivity index (χ2n) is 3.68. The second kappa shape index (κ2) is 5.26. The van der Waals surface area contributed by atoms with Gasteiger partial charge in [-0.15, -0.1) is 0 Å². The van der Waals surface area contributed by atoms with Gasteiger partial charge in [0.2, 0.25) is 0 Å². The van der Waals surface area contributed by atoms with Crippen molar-refractivity contribution in [3.05, 3.63) is 29.5 Å². The van der Waals surface area contributed by atoms with Gasteiger partial charge in [0.25, 0.3) is 0 Å². The van der Waals surface area contributed by atoms with Crippen molar-refractivity contribution in [2.45, 2.75) is 40.5 Å². The van der Waals surface area contributed by atoms with Crippen LogP contribution in [-0.2, 0) is 0 Å². The normalized spacial score (nSPS) is 10.3. The summed E-state index contributed by atoms with van der Waals surface area (Å²) in [5, 5.41) is 1.30. The molecule has 0 bridgehead atoms. The van der Waals surface area contributed by atoms with E-state index in [9.17, 15) is 0 Å². The second-order valence-corrected chi connectivity index (χ2v) is 4.48. The lowest BCUT2D eigenvalue weighted by Gasteiger charge is -2.03. The Hall–Kier alpha value is -0.890. The lowest BCUT2D eigenvalue weighted by Crippen LogP contribution is -1.85. The number of fused-ring (bicyclic) bond motifs is 1. The minimum atomic E-state index is 0.604. The van der Waals surface area contributed by atoms with E-state index in [1.54, 1.807) is 11.5 Å². The Bertz CT molecular complexity index is 429. The van der Waals surface area contributed by atoms with Crippen molar-refractivity contribution in [2.75, 3.05) is 0 Å². The van der Waals surface area contributed by atoms with Gasteiger partial charge in [0.1, 0.15) is 0 Å². The summed E-state index contributed by atoms with van der Waals surface area (Å²) >= 11 is 1.60. The molecule has 0 fully saturated rings. The summed E-state index contributed by atoms with van der Waals surface area (Å²) in [6.45, 7) is 10.5. The van der Waals surface area contributed by atoms with Crippen molar-refractivity contribution in [2.24, 2.45) is 0 Å². The molecule has 0 spiro atoms. The molecule has 1 aromatic heterocycles. The smallest absolute Gasteiger partial charge is 0.0589 e. The van der Waals surface area contributed by atoms with E-state index in [2.05, 4.69) is 43.3 Å². The monoisotopic (exact) mass is 221 g/mol. The Morgan fingerprint density at radius 2 is 1.87 bits per heavy atom. The standard InChI is InChI=1S/C11H13NS.C2H6/c1-7(2)9-4-5-10-8(3)12-13-11(10)6-9;1-2/h4-7H,1-3H3;1-2H3. The number of nitrogens with zero attached hydrogens (tertiary/aromatic N) is 1. The molecule has 2 rings (SSSR count). The lowest BCUT2D eigenvalue weighted by atomic mass is 10.0. The summed E-state index contributed by atoms with van der Waals surface area (Å²) in [7, 11) is 0. The van der Waals surface area contributed by atoms with Gasteiger partial charge in [-0.1, -0.05) is 39.8 Å². The molecule has 0 unspecified atom stereocenters. The quantitative estimate of drug-likeness (QED) is 0.677. The first-order valence-electron chi connectivity index (χ1n) is 5.54. The summed E-state index contributed by atoms with van der Waals surface area (Å²) < 4.78 is 5.65. The Morgan fingerprint density at radius 1 is 1.20 bits per heavy atom. The Morgan fingerprint density at radius 3 is 2.47 bits per heavy atom. The van der Waals surface area contributed by atoms with E-state index in [0.717, 1.165) is 5.69 Å². The first-order valence-corrected chi connectivity index (χ1v) is 6.32. The van der Waals surface area contributed by atoms with Gasteiger partial charge >= 0.3 is 0 Å². The average Bonchev–Trinajstić information content (AvgIpc) is 2.63. The molecule has 0 radical (unpaired) electrons. The van der Waals surface area contributed by atoms with Crippen LogP contribution in [0.15, 0.2) is 18.2 Å². The van der Waals surface area contributed by atoms with Crippen LogP contribution in [0.25, 0.3) is 10.1 Å². The zero-order valence-corrected chi connectivity index (χ0v) is 11.0. The van der Waals surface area contributed by atoms with E-state index >= 15 is 0 Å². The number of hydrogen-bond acceptors (Lipinski definition) is 2. The van der Waals surface area contributed by atoms with E-state index in [0.29, 0.717) is 5.92 Å². The SMILES string of the molecule is CC.Cc1nsc2cc(C(C)C)ccc12. The number of rotatable bonds is 1. The maximum absolute atomic E-state index is 4.34. The third-order valence-electron chi connectivity index (χ3n) is 2.34. The van der Waals surface area contributed by atoms with Crippen molar-refractivity contribution in [1.29, 1.82) is 0 Å². The van der Waals surface area contributed by atoms with Crippen molar-refractivity contribution < 1.29 is 0 Å². The maximum Gasteiger partial charge on any atom is 0.0589 e. The lowest BCUT2D eigenvalue weighted by molar-refractivity contribution is 0.869. The number of aromatic nitrogens is 1. The minimum Gasteiger partial charge on any atom is -0.197 e. The molecule has 0 atom stereocenters. The average molecular weight is 221 g/mol. The van der Waals surface area contributed by atoms with Gasteiger partial charge < -0.3 is 0 Å². The molecule has 0 saturated carbocycles. The van der Waals surface area contributed by atoms with Crippen LogP contribution in [0.2, 0.25) is 0 Å². The molecule has 0 aliphatic rings. The zero-order valence-electron chi connectivity index (χ0n) is 10.2. The highest BCUT2D eigenvalue weighted by Crippen LogP contribution is 2.26. The van der Waals surface area contributed by atoms with Crippen LogP contribution in [0.4, 0.5) is 0 Å². The summed E-state index contributed by atoms with van der Waals surface area (Å²) in [5.41, 5.74) is 2.55. The molecule has 82 valence electrons. The molecule has 0 saturated heterocycles. The number of aryl methyl sites for hydroxylation is 1. The Kier molecular flexibility index (Phi) is 4.28. The molecular weight excluding hydrogens is 202 g/mol. The molecule has 1 nitrogen and oxygen atoms in total. The molecule has 2 heteroatoms. The van der Waals surface area contributed by atoms with E-state index in [1.807, 2.05) is 13.8 Å². The van der Waals surface area contributed by atoms with Gasteiger partial charge in [0.15, 0.2) is 0 Å². The van der Waals surface area contributed by atoms with Gasteiger partial charge in [0, 0.05) is 5.39 Å². The highest BCUT2D eigenvalue weighted by atomic mass is 32.1. The van der Waals surface area contributed by atoms with Crippen LogP contribution >= 0.6 is 11.5 Å². The van der Waals surface area contributed by atoms with Crippen LogP contribution < -0.4 is 0 Å². The van der Waals surface area contributed by atoms with E-state index in [4.69, 9.17) is 0 Å². The Labute approximate surface area is 96.3 Å². The molecule has 0 N–H and O–H groups in total. The van der Waals surface area contributed by atoms with Crippen LogP contribution in [-0.4, -0.2) is 4.37 Å². The highest BCUT2D eigenvalue weighted by molar-refractivity contribution is 7.13. The molecular formula is C13H19NS. The fourth-order valence-electron chi connectivity index (χ4n) is 1.44. The molecule has 2 aromatic rings. The maximum atomic E-state index is 4.34. The number of benzene rings is 1. The van der Waals surface area contributed by atoms with E-state index in [1.165, 1.54) is 15.6 Å². The molecule has 15 heavy (non-hydrogen) atoms. The van der Waals surface area contributed by atoms with Crippen molar-refractivity contribution in [3.8, 4) is 0 Å².